The highest BCUT2D eigenvalue weighted by Gasteiger charge is 2.81. The lowest BCUT2D eigenvalue weighted by atomic mass is 9.76. The van der Waals surface area contributed by atoms with Crippen molar-refractivity contribution in [2.75, 3.05) is 45.8 Å². The number of aryl methyl sites for hydroxylation is 1. The lowest BCUT2D eigenvalue weighted by molar-refractivity contribution is -0.828. The molecule has 220 valence electrons. The number of morpholine rings is 1. The van der Waals surface area contributed by atoms with Gasteiger partial charge in [0.25, 0.3) is 0 Å². The zero-order valence-corrected chi connectivity index (χ0v) is 25.5. The molecule has 2 amide bonds. The normalized spacial score (nSPS) is 32.0. The standard InChI is InChI=1S/C33H42N6O3/c1-21(2)26-20-42-16-15-37(26)28-12-11-23(19-34-28)39(6)27-18-33(27)17-22-9-7-8-10-24(22)29(33)30(32(39)41)38(4,5)31(40)25-13-14-35-36(25)3/h7-14,19,21,26-27,29-30H,15-18,20H2,1-6H3/q+2/t26?,27?,29?,30-,33?,39?/m0/s1. The Labute approximate surface area is 247 Å². The second-order valence-corrected chi connectivity index (χ2v) is 13.8. The van der Waals surface area contributed by atoms with Crippen LogP contribution in [-0.4, -0.2) is 90.1 Å². The summed E-state index contributed by atoms with van der Waals surface area (Å²) in [4.78, 5) is 36.6. The largest absolute Gasteiger partial charge is 0.377 e. The predicted octanol–water partition coefficient (Wildman–Crippen LogP) is 3.54. The number of hydrogen-bond donors (Lipinski definition) is 0. The van der Waals surface area contributed by atoms with E-state index in [-0.39, 0.29) is 44.2 Å². The van der Waals surface area contributed by atoms with Crippen LogP contribution in [0.5, 0.6) is 0 Å². The molecule has 3 aromatic rings. The van der Waals surface area contributed by atoms with Crippen LogP contribution in [0.4, 0.5) is 11.5 Å². The first-order valence-electron chi connectivity index (χ1n) is 15.2. The summed E-state index contributed by atoms with van der Waals surface area (Å²) in [6.45, 7) is 6.61. The second kappa shape index (κ2) is 9.30. The summed E-state index contributed by atoms with van der Waals surface area (Å²) in [7, 11) is 7.66. The molecule has 6 atom stereocenters. The minimum Gasteiger partial charge on any atom is -0.377 e. The highest BCUT2D eigenvalue weighted by atomic mass is 16.5. The van der Waals surface area contributed by atoms with Crippen LogP contribution in [0.1, 0.15) is 47.8 Å². The monoisotopic (exact) mass is 570 g/mol. The van der Waals surface area contributed by atoms with Gasteiger partial charge in [0.05, 0.1) is 52.5 Å². The third-order valence-electron chi connectivity index (χ3n) is 11.0. The number of nitrogens with zero attached hydrogens (tertiary/aromatic N) is 6. The topological polar surface area (TPSA) is 77.3 Å². The van der Waals surface area contributed by atoms with E-state index in [1.165, 1.54) is 11.1 Å². The maximum atomic E-state index is 15.1. The number of anilines is 1. The van der Waals surface area contributed by atoms with Crippen LogP contribution in [0.25, 0.3) is 0 Å². The first-order chi connectivity index (χ1) is 20.0. The Balaban J connectivity index is 1.31. The van der Waals surface area contributed by atoms with E-state index in [9.17, 15) is 4.79 Å². The Bertz CT molecular complexity index is 1560. The molecule has 4 heterocycles. The van der Waals surface area contributed by atoms with Gasteiger partial charge in [0.15, 0.2) is 11.4 Å². The fourth-order valence-corrected chi connectivity index (χ4v) is 8.59. The summed E-state index contributed by atoms with van der Waals surface area (Å²) in [5.41, 5.74) is 3.88. The summed E-state index contributed by atoms with van der Waals surface area (Å²) in [5, 5.41) is 4.26. The Kier molecular flexibility index (Phi) is 6.07. The van der Waals surface area contributed by atoms with Gasteiger partial charge in [-0.15, -0.1) is 0 Å². The van der Waals surface area contributed by atoms with Crippen molar-refractivity contribution >= 4 is 23.3 Å². The summed E-state index contributed by atoms with van der Waals surface area (Å²) in [6.07, 6.45) is 5.44. The van der Waals surface area contributed by atoms with Crippen molar-refractivity contribution < 1.29 is 18.8 Å². The van der Waals surface area contributed by atoms with Gasteiger partial charge in [-0.3, -0.25) is 4.68 Å². The van der Waals surface area contributed by atoms with Crippen LogP contribution in [0, 0.1) is 11.3 Å². The molecule has 1 saturated carbocycles. The number of carbonyl (C=O) groups excluding carboxylic acids is 2. The van der Waals surface area contributed by atoms with Crippen LogP contribution in [0.3, 0.4) is 0 Å². The number of aromatic nitrogens is 3. The fourth-order valence-electron chi connectivity index (χ4n) is 8.59. The molecule has 42 heavy (non-hydrogen) atoms. The van der Waals surface area contributed by atoms with E-state index in [0.717, 1.165) is 30.9 Å². The Morgan fingerprint density at radius 2 is 1.95 bits per heavy atom. The van der Waals surface area contributed by atoms with E-state index >= 15 is 4.79 Å². The van der Waals surface area contributed by atoms with E-state index in [1.807, 2.05) is 20.3 Å². The maximum Gasteiger partial charge on any atom is 0.377 e. The van der Waals surface area contributed by atoms with Crippen molar-refractivity contribution in [2.45, 2.75) is 50.7 Å². The molecule has 2 aromatic heterocycles. The molecule has 2 aliphatic heterocycles. The zero-order valence-electron chi connectivity index (χ0n) is 25.5. The third-order valence-corrected chi connectivity index (χ3v) is 11.0. The Hall–Kier alpha value is -3.40. The molecule has 1 spiro atoms. The number of benzene rings is 1. The molecule has 5 unspecified atom stereocenters. The Morgan fingerprint density at radius 1 is 1.17 bits per heavy atom. The number of amides is 2. The van der Waals surface area contributed by atoms with Crippen molar-refractivity contribution in [1.29, 1.82) is 0 Å². The number of pyridine rings is 1. The van der Waals surface area contributed by atoms with Gasteiger partial charge in [-0.1, -0.05) is 38.1 Å². The Morgan fingerprint density at radius 3 is 2.64 bits per heavy atom. The van der Waals surface area contributed by atoms with Gasteiger partial charge in [0.2, 0.25) is 6.04 Å². The number of fused-ring (bicyclic) bond motifs is 2. The number of ether oxygens (including phenoxy) is 1. The molecule has 2 saturated heterocycles. The third kappa shape index (κ3) is 3.66. The minimum atomic E-state index is -0.552. The highest BCUT2D eigenvalue weighted by Crippen LogP contribution is 2.71. The van der Waals surface area contributed by atoms with Crippen molar-refractivity contribution in [3.63, 3.8) is 0 Å². The van der Waals surface area contributed by atoms with Gasteiger partial charge in [0, 0.05) is 37.7 Å². The van der Waals surface area contributed by atoms with Crippen LogP contribution in [-0.2, 0) is 23.0 Å². The van der Waals surface area contributed by atoms with Crippen LogP contribution < -0.4 is 9.38 Å². The average molecular weight is 571 g/mol. The molecule has 9 nitrogen and oxygen atoms in total. The van der Waals surface area contributed by atoms with E-state index in [1.54, 1.807) is 24.0 Å². The SMILES string of the molecule is CC(C)C1COCCN1c1ccc([N+]2(C)C(=O)[C@@H]([N+](C)(C)C(=O)c3ccnn3C)C3c4ccccc4CC34CC42)cn1. The lowest BCUT2D eigenvalue weighted by Gasteiger charge is -2.47. The number of likely N-dealkylation sites (tertiary alicyclic amines) is 1. The number of rotatable bonds is 5. The molecule has 0 N–H and O–H groups in total. The summed E-state index contributed by atoms with van der Waals surface area (Å²) in [6, 6.07) is 14.3. The molecule has 2 aliphatic carbocycles. The quantitative estimate of drug-likeness (QED) is 0.437. The molecular formula is C33H42N6O3+2. The molecule has 3 fully saturated rings. The number of hydrogen-bond acceptors (Lipinski definition) is 6. The highest BCUT2D eigenvalue weighted by molar-refractivity contribution is 5.98. The lowest BCUT2D eigenvalue weighted by Crippen LogP contribution is -2.72. The van der Waals surface area contributed by atoms with Crippen molar-refractivity contribution in [1.82, 2.24) is 19.2 Å². The van der Waals surface area contributed by atoms with Crippen LogP contribution in [0.2, 0.25) is 0 Å². The molecule has 9 heteroatoms. The van der Waals surface area contributed by atoms with E-state index in [4.69, 9.17) is 9.72 Å². The van der Waals surface area contributed by atoms with Gasteiger partial charge in [-0.05, 0) is 35.6 Å². The van der Waals surface area contributed by atoms with E-state index < -0.39 is 6.04 Å². The first kappa shape index (κ1) is 27.4. The van der Waals surface area contributed by atoms with E-state index in [2.05, 4.69) is 67.3 Å². The smallest absolute Gasteiger partial charge is 0.377 e. The summed E-state index contributed by atoms with van der Waals surface area (Å²) >= 11 is 0. The van der Waals surface area contributed by atoms with Gasteiger partial charge in [-0.25, -0.2) is 23.5 Å². The molecular weight excluding hydrogens is 528 g/mol. The van der Waals surface area contributed by atoms with Gasteiger partial charge >= 0.3 is 11.8 Å². The molecule has 0 bridgehead atoms. The van der Waals surface area contributed by atoms with Gasteiger partial charge < -0.3 is 9.64 Å². The van der Waals surface area contributed by atoms with Crippen LogP contribution >= 0.6 is 0 Å². The summed E-state index contributed by atoms with van der Waals surface area (Å²) < 4.78 is 7.49. The second-order valence-electron chi connectivity index (χ2n) is 13.8. The first-order valence-corrected chi connectivity index (χ1v) is 15.2. The van der Waals surface area contributed by atoms with Gasteiger partial charge in [-0.2, -0.15) is 5.10 Å². The summed E-state index contributed by atoms with van der Waals surface area (Å²) in [5.74, 6) is 1.32. The number of piperidine rings is 1. The van der Waals surface area contributed by atoms with Crippen molar-refractivity contribution in [3.8, 4) is 0 Å². The molecule has 7 rings (SSSR count). The number of quaternary nitrogens is 2. The number of likely N-dealkylation sites (N-methyl/N-ethyl adjacent to an activating group) is 2. The van der Waals surface area contributed by atoms with Crippen LogP contribution in [0.15, 0.2) is 54.9 Å². The molecule has 1 aromatic carbocycles. The van der Waals surface area contributed by atoms with Gasteiger partial charge in [0.1, 0.15) is 11.9 Å². The van der Waals surface area contributed by atoms with E-state index in [0.29, 0.717) is 24.8 Å². The van der Waals surface area contributed by atoms with Crippen molar-refractivity contribution in [3.05, 3.63) is 71.7 Å². The average Bonchev–Trinajstić information content (AvgIpc) is 3.41. The maximum absolute atomic E-state index is 15.1. The molecule has 4 aliphatic rings. The minimum absolute atomic E-state index is 0.0167. The number of carbonyl (C=O) groups is 2. The zero-order chi connectivity index (χ0) is 29.6. The fraction of sp³-hybridized carbons (Fsp3) is 0.515. The van der Waals surface area contributed by atoms with Crippen molar-refractivity contribution in [2.24, 2.45) is 18.4 Å². The molecule has 0 radical (unpaired) electrons. The predicted molar refractivity (Wildman–Crippen MR) is 161 cm³/mol.